The van der Waals surface area contributed by atoms with Crippen LogP contribution in [-0.4, -0.2) is 39.0 Å². The van der Waals surface area contributed by atoms with Crippen LogP contribution in [0.1, 0.15) is 20.3 Å². The Morgan fingerprint density at radius 1 is 0.704 bits per heavy atom. The molecule has 144 valence electrons. The normalized spacial score (nSPS) is 10.2. The fourth-order valence-electron chi connectivity index (χ4n) is 2.52. The van der Waals surface area contributed by atoms with Crippen LogP contribution < -0.4 is 20.4 Å². The number of hydrogen-bond acceptors (Lipinski definition) is 4. The third-order valence-electron chi connectivity index (χ3n) is 4.47. The van der Waals surface area contributed by atoms with Gasteiger partial charge in [-0.15, -0.1) is 0 Å². The number of nitrogens with one attached hydrogen (secondary N) is 2. The maximum atomic E-state index is 11.4. The summed E-state index contributed by atoms with van der Waals surface area (Å²) in [5.41, 5.74) is 3.84. The van der Waals surface area contributed by atoms with Gasteiger partial charge in [-0.25, -0.2) is 0 Å². The first-order valence-electron chi connectivity index (χ1n) is 9.05. The van der Waals surface area contributed by atoms with Crippen LogP contribution in [0.3, 0.4) is 0 Å². The Labute approximate surface area is 161 Å². The molecule has 27 heavy (non-hydrogen) atoms. The van der Waals surface area contributed by atoms with E-state index in [4.69, 9.17) is 0 Å². The average Bonchev–Trinajstić information content (AvgIpc) is 2.67. The molecule has 0 aliphatic heterocycles. The molecule has 0 atom stereocenters. The van der Waals surface area contributed by atoms with Gasteiger partial charge in [-0.05, 0) is 55.0 Å². The number of benzene rings is 2. The second kappa shape index (κ2) is 9.62. The number of anilines is 4. The van der Waals surface area contributed by atoms with Gasteiger partial charge in [0.15, 0.2) is 0 Å². The highest BCUT2D eigenvalue weighted by Gasteiger charge is 2.05. The molecule has 0 spiro atoms. The molecule has 0 saturated heterocycles. The Bertz CT molecular complexity index is 691. The molecule has 0 radical (unpaired) electrons. The van der Waals surface area contributed by atoms with Crippen molar-refractivity contribution in [3.63, 3.8) is 0 Å². The minimum absolute atomic E-state index is 0.0164. The topological polar surface area (TPSA) is 64.7 Å². The van der Waals surface area contributed by atoms with Crippen molar-refractivity contribution < 1.29 is 9.59 Å². The largest absolute Gasteiger partial charge is 0.385 e. The number of nitrogens with zero attached hydrogens (tertiary/aromatic N) is 2. The molecule has 0 saturated carbocycles. The molecule has 2 rings (SSSR count). The summed E-state index contributed by atoms with van der Waals surface area (Å²) in [5, 5.41) is 6.75. The van der Waals surface area contributed by atoms with E-state index in [1.165, 1.54) is 0 Å². The van der Waals surface area contributed by atoms with Crippen molar-refractivity contribution in [3.05, 3.63) is 48.5 Å². The first kappa shape index (κ1) is 20.3. The molecule has 2 aromatic rings. The Hall–Kier alpha value is -3.02. The number of carbonyl (C=O) groups is 2. The number of carbonyl (C=O) groups excluding carboxylic acids is 2. The first-order chi connectivity index (χ1) is 12.9. The van der Waals surface area contributed by atoms with Gasteiger partial charge in [0.25, 0.3) is 0 Å². The molecule has 0 aliphatic carbocycles. The van der Waals surface area contributed by atoms with Gasteiger partial charge in [0.1, 0.15) is 0 Å². The SMILES string of the molecule is CC(=O)N(C)c1ccc(NCCCNc2ccc(N(C)C(C)=O)cc2)cc1. The van der Waals surface area contributed by atoms with E-state index in [1.54, 1.807) is 37.7 Å². The van der Waals surface area contributed by atoms with Crippen LogP contribution in [-0.2, 0) is 9.59 Å². The minimum Gasteiger partial charge on any atom is -0.385 e. The zero-order valence-electron chi connectivity index (χ0n) is 16.5. The summed E-state index contributed by atoms with van der Waals surface area (Å²) < 4.78 is 0. The van der Waals surface area contributed by atoms with Gasteiger partial charge in [0.05, 0.1) is 0 Å². The smallest absolute Gasteiger partial charge is 0.223 e. The number of rotatable bonds is 8. The summed E-state index contributed by atoms with van der Waals surface area (Å²) in [7, 11) is 3.53. The van der Waals surface area contributed by atoms with Crippen LogP contribution in [0.15, 0.2) is 48.5 Å². The lowest BCUT2D eigenvalue weighted by atomic mass is 10.2. The van der Waals surface area contributed by atoms with E-state index >= 15 is 0 Å². The maximum absolute atomic E-state index is 11.4. The van der Waals surface area contributed by atoms with Crippen molar-refractivity contribution >= 4 is 34.6 Å². The summed E-state index contributed by atoms with van der Waals surface area (Å²) in [4.78, 5) is 26.0. The van der Waals surface area contributed by atoms with Crippen LogP contribution in [0.2, 0.25) is 0 Å². The van der Waals surface area contributed by atoms with Gasteiger partial charge in [0.2, 0.25) is 11.8 Å². The summed E-state index contributed by atoms with van der Waals surface area (Å²) in [6, 6.07) is 15.6. The average molecular weight is 368 g/mol. The van der Waals surface area contributed by atoms with Gasteiger partial charge < -0.3 is 20.4 Å². The molecular weight excluding hydrogens is 340 g/mol. The molecule has 0 bridgehead atoms. The van der Waals surface area contributed by atoms with Crippen LogP contribution >= 0.6 is 0 Å². The quantitative estimate of drug-likeness (QED) is 0.699. The number of hydrogen-bond donors (Lipinski definition) is 2. The zero-order valence-corrected chi connectivity index (χ0v) is 16.5. The Morgan fingerprint density at radius 3 is 1.33 bits per heavy atom. The lowest BCUT2D eigenvalue weighted by Gasteiger charge is -2.16. The maximum Gasteiger partial charge on any atom is 0.223 e. The van der Waals surface area contributed by atoms with E-state index in [1.807, 2.05) is 48.5 Å². The van der Waals surface area contributed by atoms with Crippen molar-refractivity contribution in [2.45, 2.75) is 20.3 Å². The molecule has 0 unspecified atom stereocenters. The van der Waals surface area contributed by atoms with Crippen molar-refractivity contribution in [1.82, 2.24) is 0 Å². The molecule has 0 heterocycles. The van der Waals surface area contributed by atoms with Gasteiger partial charge in [-0.3, -0.25) is 9.59 Å². The van der Waals surface area contributed by atoms with E-state index < -0.39 is 0 Å². The third-order valence-corrected chi connectivity index (χ3v) is 4.47. The highest BCUT2D eigenvalue weighted by atomic mass is 16.2. The van der Waals surface area contributed by atoms with E-state index in [0.717, 1.165) is 42.3 Å². The van der Waals surface area contributed by atoms with E-state index in [9.17, 15) is 9.59 Å². The molecule has 2 amide bonds. The monoisotopic (exact) mass is 368 g/mol. The van der Waals surface area contributed by atoms with E-state index in [2.05, 4.69) is 10.6 Å². The van der Waals surface area contributed by atoms with Gasteiger partial charge in [-0.1, -0.05) is 0 Å². The number of amides is 2. The van der Waals surface area contributed by atoms with Crippen molar-refractivity contribution in [3.8, 4) is 0 Å². The second-order valence-corrected chi connectivity index (χ2v) is 6.46. The third kappa shape index (κ3) is 6.02. The zero-order chi connectivity index (χ0) is 19.8. The summed E-state index contributed by atoms with van der Waals surface area (Å²) >= 11 is 0. The molecular formula is C21H28N4O2. The highest BCUT2D eigenvalue weighted by Crippen LogP contribution is 2.18. The summed E-state index contributed by atoms with van der Waals surface area (Å²) in [6.45, 7) is 4.79. The predicted octanol–water partition coefficient (Wildman–Crippen LogP) is 3.57. The Kier molecular flexibility index (Phi) is 7.23. The van der Waals surface area contributed by atoms with Crippen LogP contribution in [0, 0.1) is 0 Å². The van der Waals surface area contributed by atoms with Gasteiger partial charge >= 0.3 is 0 Å². The van der Waals surface area contributed by atoms with E-state index in [0.29, 0.717) is 0 Å². The predicted molar refractivity (Wildman–Crippen MR) is 113 cm³/mol. The van der Waals surface area contributed by atoms with Crippen LogP contribution in [0.5, 0.6) is 0 Å². The van der Waals surface area contributed by atoms with E-state index in [-0.39, 0.29) is 11.8 Å². The fraction of sp³-hybridized carbons (Fsp3) is 0.333. The molecule has 0 aromatic heterocycles. The van der Waals surface area contributed by atoms with Crippen molar-refractivity contribution in [1.29, 1.82) is 0 Å². The minimum atomic E-state index is 0.0164. The molecule has 6 heteroatoms. The molecule has 2 aromatic carbocycles. The van der Waals surface area contributed by atoms with Crippen molar-refractivity contribution in [2.75, 3.05) is 47.6 Å². The summed E-state index contributed by atoms with van der Waals surface area (Å²) in [5.74, 6) is 0.0329. The molecule has 0 fully saturated rings. The Morgan fingerprint density at radius 2 is 1.04 bits per heavy atom. The van der Waals surface area contributed by atoms with Crippen LogP contribution in [0.25, 0.3) is 0 Å². The summed E-state index contributed by atoms with van der Waals surface area (Å²) in [6.07, 6.45) is 0.963. The van der Waals surface area contributed by atoms with Crippen LogP contribution in [0.4, 0.5) is 22.7 Å². The second-order valence-electron chi connectivity index (χ2n) is 6.46. The standard InChI is InChI=1S/C21H28N4O2/c1-16(26)24(3)20-10-6-18(7-11-20)22-14-5-15-23-19-8-12-21(13-9-19)25(4)17(2)27/h6-13,22-23H,5,14-15H2,1-4H3. The lowest BCUT2D eigenvalue weighted by Crippen LogP contribution is -2.22. The highest BCUT2D eigenvalue weighted by molar-refractivity contribution is 5.91. The van der Waals surface area contributed by atoms with Gasteiger partial charge in [0, 0.05) is 63.8 Å². The van der Waals surface area contributed by atoms with Crippen molar-refractivity contribution in [2.24, 2.45) is 0 Å². The van der Waals surface area contributed by atoms with Gasteiger partial charge in [-0.2, -0.15) is 0 Å². The Balaban J connectivity index is 1.71. The molecule has 2 N–H and O–H groups in total. The first-order valence-corrected chi connectivity index (χ1v) is 9.05. The lowest BCUT2D eigenvalue weighted by molar-refractivity contribution is -0.117. The fourth-order valence-corrected chi connectivity index (χ4v) is 2.52. The molecule has 0 aliphatic rings. The molecule has 6 nitrogen and oxygen atoms in total.